The van der Waals surface area contributed by atoms with Crippen LogP contribution in [0.1, 0.15) is 0 Å². The van der Waals surface area contributed by atoms with Crippen molar-refractivity contribution in [3.05, 3.63) is 255 Å². The molecule has 0 spiro atoms. The Morgan fingerprint density at radius 1 is 0.343 bits per heavy atom. The maximum absolute atomic E-state index is 6.66. The Morgan fingerprint density at radius 2 is 0.900 bits per heavy atom. The van der Waals surface area contributed by atoms with Gasteiger partial charge in [-0.1, -0.05) is 194 Å². The van der Waals surface area contributed by atoms with E-state index in [-0.39, 0.29) is 0 Å². The molecule has 0 amide bonds. The Bertz CT molecular complexity index is 4280. The van der Waals surface area contributed by atoms with Crippen molar-refractivity contribution in [3.8, 4) is 50.2 Å². The van der Waals surface area contributed by atoms with Crippen LogP contribution in [0.2, 0.25) is 0 Å². The summed E-state index contributed by atoms with van der Waals surface area (Å²) < 4.78 is 11.7. The van der Waals surface area contributed by atoms with Crippen molar-refractivity contribution < 1.29 is 4.42 Å². The lowest BCUT2D eigenvalue weighted by Crippen LogP contribution is -2.12. The van der Waals surface area contributed by atoms with Crippen molar-refractivity contribution in [1.29, 1.82) is 0 Å². The number of furan rings is 1. The van der Waals surface area contributed by atoms with Crippen LogP contribution in [0.3, 0.4) is 0 Å². The Labute approximate surface area is 409 Å². The number of para-hydroxylation sites is 2. The third-order valence-corrected chi connectivity index (χ3v) is 15.2. The molecular weight excluding hydrogens is 869 g/mol. The van der Waals surface area contributed by atoms with E-state index in [0.29, 0.717) is 0 Å². The minimum atomic E-state index is 0.853. The first-order valence-corrected chi connectivity index (χ1v) is 24.6. The number of hydrogen-bond acceptors (Lipinski definition) is 3. The molecule has 0 fully saturated rings. The molecule has 0 unspecified atom stereocenters. The molecule has 0 saturated carbocycles. The lowest BCUT2D eigenvalue weighted by Gasteiger charge is -2.28. The zero-order valence-corrected chi connectivity index (χ0v) is 38.8. The first-order chi connectivity index (χ1) is 34.7. The van der Waals surface area contributed by atoms with E-state index in [1.165, 1.54) is 53.4 Å². The van der Waals surface area contributed by atoms with E-state index >= 15 is 0 Å². The molecular formula is C66H42N2OS. The molecule has 0 radical (unpaired) electrons. The molecule has 3 aromatic heterocycles. The molecule has 3 heterocycles. The minimum Gasteiger partial charge on any atom is -0.456 e. The summed E-state index contributed by atoms with van der Waals surface area (Å²) in [5, 5.41) is 7.02. The number of nitrogens with zero attached hydrogens (tertiary/aromatic N) is 2. The van der Waals surface area contributed by atoms with Crippen LogP contribution in [-0.4, -0.2) is 4.57 Å². The third-order valence-electron chi connectivity index (χ3n) is 14.0. The van der Waals surface area contributed by atoms with Gasteiger partial charge in [0.25, 0.3) is 0 Å². The van der Waals surface area contributed by atoms with Crippen LogP contribution < -0.4 is 4.90 Å². The lowest BCUT2D eigenvalue weighted by atomic mass is 9.94. The smallest absolute Gasteiger partial charge is 0.137 e. The standard InChI is InChI=1S/C66H42N2OS/c1-4-19-43(20-5-1)47-41-55(45-23-8-3-9-24-45)64-56(42-47)52-29-16-32-58(65(52)68(64)57-31-18-35-61-63(57)54-28-12-14-34-60(54)69-61)67(59-33-17-30-53-51-27-13-15-36-62(51)70-66(53)59)48-39-37-46(38-40-48)50-26-11-10-25-49(50)44-21-6-2-7-22-44/h1-42H. The van der Waals surface area contributed by atoms with E-state index < -0.39 is 0 Å². The van der Waals surface area contributed by atoms with Gasteiger partial charge in [0.1, 0.15) is 11.2 Å². The van der Waals surface area contributed by atoms with Gasteiger partial charge in [0.15, 0.2) is 0 Å². The van der Waals surface area contributed by atoms with Gasteiger partial charge in [-0.15, -0.1) is 11.3 Å². The van der Waals surface area contributed by atoms with Crippen molar-refractivity contribution in [2.45, 2.75) is 0 Å². The van der Waals surface area contributed by atoms with Crippen LogP contribution in [0.15, 0.2) is 259 Å². The van der Waals surface area contributed by atoms with Crippen molar-refractivity contribution in [2.24, 2.45) is 0 Å². The molecule has 0 bridgehead atoms. The van der Waals surface area contributed by atoms with E-state index in [1.54, 1.807) is 0 Å². The van der Waals surface area contributed by atoms with E-state index in [1.807, 2.05) is 11.3 Å². The van der Waals surface area contributed by atoms with Crippen molar-refractivity contribution >= 4 is 92.3 Å². The molecule has 328 valence electrons. The second-order valence-corrected chi connectivity index (χ2v) is 19.0. The fourth-order valence-corrected chi connectivity index (χ4v) is 12.1. The summed E-state index contributed by atoms with van der Waals surface area (Å²) >= 11 is 1.86. The highest BCUT2D eigenvalue weighted by Gasteiger charge is 2.27. The fourth-order valence-electron chi connectivity index (χ4n) is 10.9. The summed E-state index contributed by atoms with van der Waals surface area (Å²) in [6, 6.07) is 92.5. The summed E-state index contributed by atoms with van der Waals surface area (Å²) in [4.78, 5) is 2.51. The van der Waals surface area contributed by atoms with Gasteiger partial charge in [-0.2, -0.15) is 0 Å². The number of thiophene rings is 1. The number of rotatable bonds is 8. The van der Waals surface area contributed by atoms with Gasteiger partial charge in [0.05, 0.1) is 38.2 Å². The minimum absolute atomic E-state index is 0.853. The number of anilines is 3. The highest BCUT2D eigenvalue weighted by atomic mass is 32.1. The Hall–Kier alpha value is -8.96. The largest absolute Gasteiger partial charge is 0.456 e. The van der Waals surface area contributed by atoms with Crippen LogP contribution >= 0.6 is 11.3 Å². The monoisotopic (exact) mass is 910 g/mol. The normalized spacial score (nSPS) is 11.7. The summed E-state index contributed by atoms with van der Waals surface area (Å²) in [5.41, 5.74) is 17.7. The molecule has 3 nitrogen and oxygen atoms in total. The average molecular weight is 911 g/mol. The second kappa shape index (κ2) is 16.4. The van der Waals surface area contributed by atoms with E-state index in [4.69, 9.17) is 4.42 Å². The molecule has 70 heavy (non-hydrogen) atoms. The Kier molecular flexibility index (Phi) is 9.39. The second-order valence-electron chi connectivity index (χ2n) is 18.0. The Morgan fingerprint density at radius 3 is 1.64 bits per heavy atom. The topological polar surface area (TPSA) is 21.3 Å². The van der Waals surface area contributed by atoms with E-state index in [0.717, 1.165) is 77.8 Å². The van der Waals surface area contributed by atoms with Gasteiger partial charge in [-0.3, -0.25) is 0 Å². The van der Waals surface area contributed by atoms with Crippen molar-refractivity contribution in [2.75, 3.05) is 4.90 Å². The van der Waals surface area contributed by atoms with Gasteiger partial charge >= 0.3 is 0 Å². The van der Waals surface area contributed by atoms with Gasteiger partial charge < -0.3 is 13.9 Å². The molecule has 0 aliphatic carbocycles. The molecule has 14 aromatic rings. The first-order valence-electron chi connectivity index (χ1n) is 23.8. The zero-order chi connectivity index (χ0) is 46.1. The first kappa shape index (κ1) is 40.1. The van der Waals surface area contributed by atoms with Crippen LogP contribution in [-0.2, 0) is 0 Å². The predicted octanol–water partition coefficient (Wildman–Crippen LogP) is 19.2. The summed E-state index contributed by atoms with van der Waals surface area (Å²) in [5.74, 6) is 0. The molecule has 4 heteroatoms. The van der Waals surface area contributed by atoms with E-state index in [2.05, 4.69) is 264 Å². The summed E-state index contributed by atoms with van der Waals surface area (Å²) in [6.07, 6.45) is 0. The number of hydrogen-bond donors (Lipinski definition) is 0. The quantitative estimate of drug-likeness (QED) is 0.151. The van der Waals surface area contributed by atoms with Gasteiger partial charge in [0, 0.05) is 42.9 Å². The van der Waals surface area contributed by atoms with Crippen LogP contribution in [0, 0.1) is 0 Å². The molecule has 11 aromatic carbocycles. The SMILES string of the molecule is c1ccc(-c2cc(-c3ccccc3)c3c(c2)c2cccc(N(c4ccc(-c5ccccc5-c5ccccc5)cc4)c4cccc5c4sc4ccccc45)c2n3-c2cccc3oc4ccccc4c23)cc1. The highest BCUT2D eigenvalue weighted by Crippen LogP contribution is 2.51. The lowest BCUT2D eigenvalue weighted by molar-refractivity contribution is 0.669. The summed E-state index contributed by atoms with van der Waals surface area (Å²) in [7, 11) is 0. The molecule has 0 atom stereocenters. The average Bonchev–Trinajstić information content (AvgIpc) is 4.12. The van der Waals surface area contributed by atoms with Crippen molar-refractivity contribution in [3.63, 3.8) is 0 Å². The number of aromatic nitrogens is 1. The fraction of sp³-hybridized carbons (Fsp3) is 0. The predicted molar refractivity (Wildman–Crippen MR) is 297 cm³/mol. The highest BCUT2D eigenvalue weighted by molar-refractivity contribution is 7.26. The van der Waals surface area contributed by atoms with Gasteiger partial charge in [0.2, 0.25) is 0 Å². The van der Waals surface area contributed by atoms with Crippen LogP contribution in [0.4, 0.5) is 17.1 Å². The molecule has 0 saturated heterocycles. The number of fused-ring (bicyclic) bond motifs is 9. The molecule has 0 N–H and O–H groups in total. The molecule has 0 aliphatic rings. The van der Waals surface area contributed by atoms with Crippen LogP contribution in [0.25, 0.3) is 114 Å². The zero-order valence-electron chi connectivity index (χ0n) is 38.0. The number of benzene rings is 11. The van der Waals surface area contributed by atoms with Crippen molar-refractivity contribution in [1.82, 2.24) is 4.57 Å². The third kappa shape index (κ3) is 6.42. The van der Waals surface area contributed by atoms with Crippen LogP contribution in [0.5, 0.6) is 0 Å². The van der Waals surface area contributed by atoms with Gasteiger partial charge in [-0.05, 0) is 99.6 Å². The van der Waals surface area contributed by atoms with Gasteiger partial charge in [-0.25, -0.2) is 0 Å². The van der Waals surface area contributed by atoms with E-state index in [9.17, 15) is 0 Å². The maximum atomic E-state index is 6.66. The Balaban J connectivity index is 1.11. The molecule has 0 aliphatic heterocycles. The molecule has 14 rings (SSSR count). The maximum Gasteiger partial charge on any atom is 0.137 e. The summed E-state index contributed by atoms with van der Waals surface area (Å²) in [6.45, 7) is 0.